The van der Waals surface area contributed by atoms with Crippen LogP contribution in [0.1, 0.15) is 35.2 Å². The highest BCUT2D eigenvalue weighted by molar-refractivity contribution is 7.14. The molecule has 1 aliphatic rings. The van der Waals surface area contributed by atoms with Crippen LogP contribution in [0.5, 0.6) is 11.5 Å². The molecule has 38 heavy (non-hydrogen) atoms. The Morgan fingerprint density at radius 2 is 1.66 bits per heavy atom. The molecular formula is C30H26N2O5S. The number of carbonyl (C=O) groups is 2. The molecule has 1 aliphatic heterocycles. The van der Waals surface area contributed by atoms with Crippen LogP contribution in [0.15, 0.2) is 89.9 Å². The van der Waals surface area contributed by atoms with Gasteiger partial charge < -0.3 is 14.6 Å². The van der Waals surface area contributed by atoms with Gasteiger partial charge in [0.15, 0.2) is 5.13 Å². The molecule has 0 bridgehead atoms. The van der Waals surface area contributed by atoms with Crippen LogP contribution in [0, 0.1) is 6.92 Å². The van der Waals surface area contributed by atoms with Crippen molar-refractivity contribution in [1.29, 1.82) is 0 Å². The van der Waals surface area contributed by atoms with Crippen molar-refractivity contribution in [3.05, 3.63) is 112 Å². The molecule has 3 aromatic carbocycles. The van der Waals surface area contributed by atoms with E-state index in [-0.39, 0.29) is 11.3 Å². The SMILES string of the molecule is CCOc1ccc(C2/C(=C(\O)c3ccc(OCc4ccccc4C)cc3)C(=O)C(=O)N2c2nccs2)cc1. The number of amides is 1. The Bertz CT molecular complexity index is 1480. The third-order valence-corrected chi connectivity index (χ3v) is 7.13. The van der Waals surface area contributed by atoms with Gasteiger partial charge in [0.05, 0.1) is 18.2 Å². The summed E-state index contributed by atoms with van der Waals surface area (Å²) >= 11 is 1.25. The Morgan fingerprint density at radius 1 is 0.974 bits per heavy atom. The maximum atomic E-state index is 13.3. The second kappa shape index (κ2) is 10.9. The van der Waals surface area contributed by atoms with E-state index >= 15 is 0 Å². The van der Waals surface area contributed by atoms with Crippen molar-refractivity contribution in [2.75, 3.05) is 11.5 Å². The van der Waals surface area contributed by atoms with Gasteiger partial charge in [0.2, 0.25) is 0 Å². The fourth-order valence-corrected chi connectivity index (χ4v) is 5.06. The van der Waals surface area contributed by atoms with Crippen molar-refractivity contribution in [1.82, 2.24) is 4.98 Å². The summed E-state index contributed by atoms with van der Waals surface area (Å²) in [6.45, 7) is 4.85. The number of aryl methyl sites for hydroxylation is 1. The summed E-state index contributed by atoms with van der Waals surface area (Å²) in [7, 11) is 0. The van der Waals surface area contributed by atoms with Crippen molar-refractivity contribution in [3.8, 4) is 11.5 Å². The molecule has 1 saturated heterocycles. The molecule has 1 fully saturated rings. The number of anilines is 1. The zero-order chi connectivity index (χ0) is 26.6. The summed E-state index contributed by atoms with van der Waals surface area (Å²) in [6, 6.07) is 21.1. The zero-order valence-electron chi connectivity index (χ0n) is 21.0. The number of carbonyl (C=O) groups excluding carboxylic acids is 2. The van der Waals surface area contributed by atoms with Crippen molar-refractivity contribution in [3.63, 3.8) is 0 Å². The third kappa shape index (κ3) is 4.90. The molecule has 7 nitrogen and oxygen atoms in total. The highest BCUT2D eigenvalue weighted by Gasteiger charge is 2.48. The van der Waals surface area contributed by atoms with E-state index in [1.807, 2.05) is 38.1 Å². The Morgan fingerprint density at radius 3 is 2.32 bits per heavy atom. The Kier molecular flexibility index (Phi) is 7.24. The number of Topliss-reactive ketones (excluding diaryl/α,β-unsaturated/α-hetero) is 1. The van der Waals surface area contributed by atoms with Gasteiger partial charge in [-0.2, -0.15) is 0 Å². The number of hydrogen-bond donors (Lipinski definition) is 1. The van der Waals surface area contributed by atoms with Gasteiger partial charge in [-0.1, -0.05) is 36.4 Å². The van der Waals surface area contributed by atoms with Gasteiger partial charge in [-0.25, -0.2) is 4.98 Å². The predicted octanol–water partition coefficient (Wildman–Crippen LogP) is 6.06. The van der Waals surface area contributed by atoms with Crippen LogP contribution in [0.4, 0.5) is 5.13 Å². The van der Waals surface area contributed by atoms with E-state index in [1.54, 1.807) is 60.1 Å². The van der Waals surface area contributed by atoms with Crippen LogP contribution < -0.4 is 14.4 Å². The number of ether oxygens (including phenoxy) is 2. The predicted molar refractivity (Wildman–Crippen MR) is 146 cm³/mol. The number of benzene rings is 3. The number of hydrogen-bond acceptors (Lipinski definition) is 7. The van der Waals surface area contributed by atoms with Crippen molar-refractivity contribution in [2.45, 2.75) is 26.5 Å². The highest BCUT2D eigenvalue weighted by Crippen LogP contribution is 2.43. The van der Waals surface area contributed by atoms with Gasteiger partial charge in [-0.3, -0.25) is 14.5 Å². The lowest BCUT2D eigenvalue weighted by Crippen LogP contribution is -2.29. The van der Waals surface area contributed by atoms with Gasteiger partial charge in [0.1, 0.15) is 23.9 Å². The van der Waals surface area contributed by atoms with Crippen LogP contribution >= 0.6 is 11.3 Å². The lowest BCUT2D eigenvalue weighted by molar-refractivity contribution is -0.132. The van der Waals surface area contributed by atoms with E-state index in [1.165, 1.54) is 16.2 Å². The van der Waals surface area contributed by atoms with Gasteiger partial charge in [-0.15, -0.1) is 11.3 Å². The quantitative estimate of drug-likeness (QED) is 0.171. The highest BCUT2D eigenvalue weighted by atomic mass is 32.1. The van der Waals surface area contributed by atoms with E-state index in [2.05, 4.69) is 4.98 Å². The average Bonchev–Trinajstić information content (AvgIpc) is 3.55. The Balaban J connectivity index is 1.49. The maximum absolute atomic E-state index is 13.3. The molecule has 1 unspecified atom stereocenters. The number of thiazole rings is 1. The minimum Gasteiger partial charge on any atom is -0.507 e. The molecule has 2 heterocycles. The van der Waals surface area contributed by atoms with E-state index in [0.717, 1.165) is 11.1 Å². The molecule has 0 radical (unpaired) electrons. The maximum Gasteiger partial charge on any atom is 0.301 e. The summed E-state index contributed by atoms with van der Waals surface area (Å²) in [4.78, 5) is 32.0. The van der Waals surface area contributed by atoms with Gasteiger partial charge in [0, 0.05) is 17.1 Å². The second-order valence-corrected chi connectivity index (χ2v) is 9.60. The average molecular weight is 527 g/mol. The third-order valence-electron chi connectivity index (χ3n) is 6.36. The fraction of sp³-hybridized carbons (Fsp3) is 0.167. The van der Waals surface area contributed by atoms with Gasteiger partial charge in [-0.05, 0) is 66.9 Å². The smallest absolute Gasteiger partial charge is 0.301 e. The first-order valence-corrected chi connectivity index (χ1v) is 13.1. The van der Waals surface area contributed by atoms with Gasteiger partial charge in [0.25, 0.3) is 5.78 Å². The minimum absolute atomic E-state index is 0.00272. The molecule has 192 valence electrons. The van der Waals surface area contributed by atoms with Gasteiger partial charge >= 0.3 is 5.91 Å². The van der Waals surface area contributed by atoms with Crippen molar-refractivity contribution < 1.29 is 24.2 Å². The summed E-state index contributed by atoms with van der Waals surface area (Å²) in [5.74, 6) is -0.471. The van der Waals surface area contributed by atoms with E-state index < -0.39 is 17.7 Å². The largest absolute Gasteiger partial charge is 0.507 e. The lowest BCUT2D eigenvalue weighted by Gasteiger charge is -2.23. The minimum atomic E-state index is -0.839. The molecule has 5 rings (SSSR count). The number of aromatic nitrogens is 1. The van der Waals surface area contributed by atoms with E-state index in [0.29, 0.717) is 41.0 Å². The molecule has 0 aliphatic carbocycles. The summed E-state index contributed by atoms with van der Waals surface area (Å²) in [5.41, 5.74) is 3.28. The number of rotatable bonds is 8. The molecule has 4 aromatic rings. The molecule has 1 aromatic heterocycles. The standard InChI is InChI=1S/C30H26N2O5S/c1-3-36-23-12-8-20(9-13-23)26-25(28(34)29(35)32(26)30-31-16-17-38-30)27(33)21-10-14-24(15-11-21)37-18-22-7-5-4-6-19(22)2/h4-17,26,33H,3,18H2,1-2H3/b27-25+. The van der Waals surface area contributed by atoms with Crippen LogP contribution in [0.2, 0.25) is 0 Å². The van der Waals surface area contributed by atoms with E-state index in [9.17, 15) is 14.7 Å². The fourth-order valence-electron chi connectivity index (χ4n) is 4.39. The van der Waals surface area contributed by atoms with Crippen LogP contribution in [-0.2, 0) is 16.2 Å². The first-order valence-electron chi connectivity index (χ1n) is 12.2. The Labute approximate surface area is 224 Å². The van der Waals surface area contributed by atoms with Crippen molar-refractivity contribution >= 4 is 33.9 Å². The topological polar surface area (TPSA) is 89.0 Å². The molecule has 1 N–H and O–H groups in total. The van der Waals surface area contributed by atoms with Crippen LogP contribution in [0.25, 0.3) is 5.76 Å². The summed E-state index contributed by atoms with van der Waals surface area (Å²) in [5, 5.41) is 13.4. The Hall–Kier alpha value is -4.43. The molecule has 0 spiro atoms. The monoisotopic (exact) mass is 526 g/mol. The van der Waals surface area contributed by atoms with Crippen molar-refractivity contribution in [2.24, 2.45) is 0 Å². The van der Waals surface area contributed by atoms with E-state index in [4.69, 9.17) is 9.47 Å². The van der Waals surface area contributed by atoms with Crippen LogP contribution in [-0.4, -0.2) is 28.4 Å². The first kappa shape index (κ1) is 25.2. The zero-order valence-corrected chi connectivity index (χ0v) is 21.8. The first-order chi connectivity index (χ1) is 18.5. The molecule has 0 saturated carbocycles. The summed E-state index contributed by atoms with van der Waals surface area (Å²) in [6.07, 6.45) is 1.57. The number of aliphatic hydroxyl groups excluding tert-OH is 1. The molecule has 1 amide bonds. The number of aliphatic hydroxyl groups is 1. The lowest BCUT2D eigenvalue weighted by atomic mass is 9.95. The summed E-state index contributed by atoms with van der Waals surface area (Å²) < 4.78 is 11.5. The molecule has 1 atom stereocenters. The second-order valence-electron chi connectivity index (χ2n) is 8.73. The number of ketones is 1. The number of nitrogens with zero attached hydrogens (tertiary/aromatic N) is 2. The van der Waals surface area contributed by atoms with Crippen LogP contribution in [0.3, 0.4) is 0 Å². The molecule has 8 heteroatoms. The molecular weight excluding hydrogens is 500 g/mol. The normalized spacial score (nSPS) is 16.6.